The van der Waals surface area contributed by atoms with Crippen molar-refractivity contribution < 1.29 is 0 Å². The molecule has 0 unspecified atom stereocenters. The van der Waals surface area contributed by atoms with Crippen molar-refractivity contribution in [3.63, 3.8) is 0 Å². The van der Waals surface area contributed by atoms with Gasteiger partial charge in [0.05, 0.1) is 16.7 Å². The molecule has 38 heavy (non-hydrogen) atoms. The van der Waals surface area contributed by atoms with E-state index >= 15 is 0 Å². The van der Waals surface area contributed by atoms with E-state index in [9.17, 15) is 0 Å². The predicted molar refractivity (Wildman–Crippen MR) is 157 cm³/mol. The largest absolute Gasteiger partial charge is 0.293 e. The van der Waals surface area contributed by atoms with Crippen molar-refractivity contribution in [1.82, 2.24) is 14.5 Å². The summed E-state index contributed by atoms with van der Waals surface area (Å²) in [6.07, 6.45) is 0. The zero-order chi connectivity index (χ0) is 25.4. The molecule has 0 fully saturated rings. The zero-order valence-electron chi connectivity index (χ0n) is 21.3. The molecule has 0 saturated heterocycles. The van der Waals surface area contributed by atoms with Crippen molar-refractivity contribution in [3.8, 4) is 28.3 Å². The highest BCUT2D eigenvalue weighted by atomic mass is 15.1. The van der Waals surface area contributed by atoms with Gasteiger partial charge >= 0.3 is 0 Å². The summed E-state index contributed by atoms with van der Waals surface area (Å²) < 4.78 is 2.36. The zero-order valence-corrected chi connectivity index (χ0v) is 21.3. The minimum atomic E-state index is -0.237. The molecule has 2 aromatic heterocycles. The van der Waals surface area contributed by atoms with Crippen LogP contribution in [0, 0.1) is 0 Å². The van der Waals surface area contributed by atoms with E-state index in [-0.39, 0.29) is 5.41 Å². The number of nitrogens with zero attached hydrogens (tertiary/aromatic N) is 3. The van der Waals surface area contributed by atoms with Crippen LogP contribution >= 0.6 is 0 Å². The number of hydrogen-bond acceptors (Lipinski definition) is 2. The van der Waals surface area contributed by atoms with Gasteiger partial charge in [-0.25, -0.2) is 9.97 Å². The fraction of sp³-hybridized carbons (Fsp3) is 0.0857. The van der Waals surface area contributed by atoms with Gasteiger partial charge in [-0.2, -0.15) is 0 Å². The van der Waals surface area contributed by atoms with E-state index in [0.717, 1.165) is 39.5 Å². The average Bonchev–Trinajstić information content (AvgIpc) is 3.40. The van der Waals surface area contributed by atoms with Crippen molar-refractivity contribution in [2.45, 2.75) is 19.3 Å². The molecule has 0 saturated carbocycles. The van der Waals surface area contributed by atoms with Crippen LogP contribution in [-0.4, -0.2) is 14.5 Å². The van der Waals surface area contributed by atoms with Crippen molar-refractivity contribution >= 4 is 32.6 Å². The minimum Gasteiger partial charge on any atom is -0.293 e. The molecular weight excluding hydrogens is 462 g/mol. The van der Waals surface area contributed by atoms with Crippen molar-refractivity contribution in [3.05, 3.63) is 127 Å². The van der Waals surface area contributed by atoms with Crippen LogP contribution in [0.1, 0.15) is 25.1 Å². The molecule has 0 N–H and O–H groups in total. The Labute approximate surface area is 221 Å². The summed E-state index contributed by atoms with van der Waals surface area (Å²) in [5, 5.41) is 4.93. The molecular formula is C35H25N3. The van der Waals surface area contributed by atoms with Crippen molar-refractivity contribution in [2.24, 2.45) is 0 Å². The maximum atomic E-state index is 5.35. The number of fused-ring (bicyclic) bond motifs is 7. The molecule has 2 heterocycles. The van der Waals surface area contributed by atoms with E-state index in [4.69, 9.17) is 9.97 Å². The Kier molecular flexibility index (Phi) is 4.28. The normalized spacial score (nSPS) is 13.7. The predicted octanol–water partition coefficient (Wildman–Crippen LogP) is 8.70. The van der Waals surface area contributed by atoms with E-state index in [0.29, 0.717) is 0 Å². The third-order valence-electron chi connectivity index (χ3n) is 8.14. The van der Waals surface area contributed by atoms with Gasteiger partial charge in [-0.15, -0.1) is 0 Å². The van der Waals surface area contributed by atoms with Gasteiger partial charge in [0.2, 0.25) is 0 Å². The van der Waals surface area contributed by atoms with Crippen LogP contribution in [0.15, 0.2) is 115 Å². The SMILES string of the molecule is CC1(C)c2ccccc2-c2c(-n3c4ccccc4c4cc5ccccc5cc43)nc(-c3ccccc3)nc21. The van der Waals surface area contributed by atoms with Crippen LogP contribution in [0.3, 0.4) is 0 Å². The topological polar surface area (TPSA) is 30.7 Å². The van der Waals surface area contributed by atoms with Gasteiger partial charge in [-0.1, -0.05) is 111 Å². The Morgan fingerprint density at radius 1 is 0.605 bits per heavy atom. The molecule has 0 spiro atoms. The molecule has 0 aliphatic heterocycles. The maximum absolute atomic E-state index is 5.35. The molecule has 8 rings (SSSR count). The van der Waals surface area contributed by atoms with Crippen LogP contribution in [0.4, 0.5) is 0 Å². The quantitative estimate of drug-likeness (QED) is 0.244. The number of aromatic nitrogens is 3. The van der Waals surface area contributed by atoms with Gasteiger partial charge in [0.15, 0.2) is 5.82 Å². The first-order chi connectivity index (χ1) is 18.6. The third-order valence-corrected chi connectivity index (χ3v) is 8.14. The lowest BCUT2D eigenvalue weighted by Gasteiger charge is -2.21. The number of benzene rings is 5. The van der Waals surface area contributed by atoms with Crippen LogP contribution in [0.5, 0.6) is 0 Å². The van der Waals surface area contributed by atoms with Crippen LogP contribution in [0.2, 0.25) is 0 Å². The maximum Gasteiger partial charge on any atom is 0.161 e. The molecule has 0 bridgehead atoms. The highest BCUT2D eigenvalue weighted by Gasteiger charge is 2.40. The van der Waals surface area contributed by atoms with Gasteiger partial charge < -0.3 is 0 Å². The Morgan fingerprint density at radius 2 is 1.29 bits per heavy atom. The summed E-state index contributed by atoms with van der Waals surface area (Å²) in [6, 6.07) is 41.0. The average molecular weight is 488 g/mol. The second kappa shape index (κ2) is 7.62. The van der Waals surface area contributed by atoms with Crippen molar-refractivity contribution in [2.75, 3.05) is 0 Å². The second-order valence-electron chi connectivity index (χ2n) is 10.7. The molecule has 0 atom stereocenters. The monoisotopic (exact) mass is 487 g/mol. The molecule has 0 radical (unpaired) electrons. The van der Waals surface area contributed by atoms with Crippen LogP contribution in [-0.2, 0) is 5.41 Å². The summed E-state index contributed by atoms with van der Waals surface area (Å²) in [6.45, 7) is 4.56. The van der Waals surface area contributed by atoms with Gasteiger partial charge in [0, 0.05) is 27.3 Å². The molecule has 3 heteroatoms. The Bertz CT molecular complexity index is 2050. The highest BCUT2D eigenvalue weighted by molar-refractivity contribution is 6.14. The van der Waals surface area contributed by atoms with E-state index in [2.05, 4.69) is 128 Å². The highest BCUT2D eigenvalue weighted by Crippen LogP contribution is 2.51. The molecule has 180 valence electrons. The molecule has 1 aliphatic carbocycles. The smallest absolute Gasteiger partial charge is 0.161 e. The van der Waals surface area contributed by atoms with Gasteiger partial charge in [0.1, 0.15) is 5.82 Å². The number of para-hydroxylation sites is 1. The number of rotatable bonds is 2. The lowest BCUT2D eigenvalue weighted by molar-refractivity contribution is 0.635. The lowest BCUT2D eigenvalue weighted by atomic mass is 9.85. The van der Waals surface area contributed by atoms with Crippen molar-refractivity contribution in [1.29, 1.82) is 0 Å². The molecule has 5 aromatic carbocycles. The molecule has 3 nitrogen and oxygen atoms in total. The van der Waals surface area contributed by atoms with E-state index in [1.54, 1.807) is 0 Å². The molecule has 1 aliphatic rings. The minimum absolute atomic E-state index is 0.237. The summed E-state index contributed by atoms with van der Waals surface area (Å²) in [5.74, 6) is 1.69. The van der Waals surface area contributed by atoms with Gasteiger partial charge in [0.25, 0.3) is 0 Å². The first kappa shape index (κ1) is 21.3. The van der Waals surface area contributed by atoms with Gasteiger partial charge in [-0.3, -0.25) is 4.57 Å². The lowest BCUT2D eigenvalue weighted by Crippen LogP contribution is -2.18. The Balaban J connectivity index is 1.57. The molecule has 7 aromatic rings. The summed E-state index contributed by atoms with van der Waals surface area (Å²) in [4.78, 5) is 10.6. The Hall–Kier alpha value is -4.76. The van der Waals surface area contributed by atoms with E-state index in [1.807, 2.05) is 6.07 Å². The summed E-state index contributed by atoms with van der Waals surface area (Å²) in [5.41, 5.74) is 7.81. The summed E-state index contributed by atoms with van der Waals surface area (Å²) in [7, 11) is 0. The summed E-state index contributed by atoms with van der Waals surface area (Å²) >= 11 is 0. The Morgan fingerprint density at radius 3 is 2.13 bits per heavy atom. The van der Waals surface area contributed by atoms with Gasteiger partial charge in [-0.05, 0) is 40.1 Å². The standard InChI is InChI=1S/C35H25N3/c1-35(2)28-18-10-8-17-26(28)31-32(35)36-33(22-12-4-3-5-13-22)37-34(31)38-29-19-11-9-16-25(29)27-20-23-14-6-7-15-24(23)21-30(27)38/h3-21H,1-2H3. The van der Waals surface area contributed by atoms with E-state index in [1.165, 1.54) is 32.7 Å². The first-order valence-electron chi connectivity index (χ1n) is 13.1. The first-order valence-corrected chi connectivity index (χ1v) is 13.1. The van der Waals surface area contributed by atoms with Crippen LogP contribution < -0.4 is 0 Å². The fourth-order valence-corrected chi connectivity index (χ4v) is 6.28. The third kappa shape index (κ3) is 2.84. The van der Waals surface area contributed by atoms with E-state index < -0.39 is 0 Å². The number of hydrogen-bond donors (Lipinski definition) is 0. The van der Waals surface area contributed by atoms with Crippen LogP contribution in [0.25, 0.3) is 60.9 Å². The fourth-order valence-electron chi connectivity index (χ4n) is 6.28. The molecule has 0 amide bonds. The second-order valence-corrected chi connectivity index (χ2v) is 10.7.